The van der Waals surface area contributed by atoms with E-state index < -0.39 is 0 Å². The molecule has 2 aromatic carbocycles. The largest absolute Gasteiger partial charge is 0.455 e. The van der Waals surface area contributed by atoms with Gasteiger partial charge in [-0.25, -0.2) is 0 Å². The summed E-state index contributed by atoms with van der Waals surface area (Å²) in [6.45, 7) is 3.93. The minimum atomic E-state index is 0.601. The first kappa shape index (κ1) is 15.4. The Labute approximate surface area is 133 Å². The molecule has 0 unspecified atom stereocenters. The number of hydrogen-bond donors (Lipinski definition) is 1. The van der Waals surface area contributed by atoms with E-state index in [0.29, 0.717) is 10.8 Å². The molecule has 2 rings (SSSR count). The first-order valence-electron chi connectivity index (χ1n) is 6.62. The third kappa shape index (κ3) is 4.23. The molecule has 1 N–H and O–H groups in total. The molecule has 106 valence electrons. The highest BCUT2D eigenvalue weighted by molar-refractivity contribution is 9.10. The molecule has 0 saturated heterocycles. The zero-order chi connectivity index (χ0) is 14.4. The molecule has 2 aromatic rings. The maximum Gasteiger partial charge on any atom is 0.147 e. The summed E-state index contributed by atoms with van der Waals surface area (Å²) in [5.74, 6) is 1.49. The van der Waals surface area contributed by atoms with Crippen LogP contribution in [0.25, 0.3) is 0 Å². The van der Waals surface area contributed by atoms with E-state index in [9.17, 15) is 0 Å². The predicted octanol–water partition coefficient (Wildman–Crippen LogP) is 5.39. The molecule has 0 atom stereocenters. The lowest BCUT2D eigenvalue weighted by Crippen LogP contribution is -2.14. The Bertz CT molecular complexity index is 574. The first-order chi connectivity index (χ1) is 9.70. The van der Waals surface area contributed by atoms with Crippen molar-refractivity contribution in [3.05, 3.63) is 57.5 Å². The van der Waals surface area contributed by atoms with Gasteiger partial charge in [0.15, 0.2) is 0 Å². The molecule has 0 spiro atoms. The Morgan fingerprint density at radius 1 is 1.15 bits per heavy atom. The minimum Gasteiger partial charge on any atom is -0.455 e. The van der Waals surface area contributed by atoms with Crippen LogP contribution in [0.4, 0.5) is 0 Å². The summed E-state index contributed by atoms with van der Waals surface area (Å²) in [7, 11) is 0. The van der Waals surface area contributed by atoms with Gasteiger partial charge in [0.25, 0.3) is 0 Å². The molecular formula is C16H17BrClNO. The molecule has 0 heterocycles. The number of rotatable bonds is 6. The minimum absolute atomic E-state index is 0.601. The van der Waals surface area contributed by atoms with Crippen LogP contribution >= 0.6 is 27.5 Å². The summed E-state index contributed by atoms with van der Waals surface area (Å²) in [5.41, 5.74) is 1.12. The molecule has 0 aliphatic heterocycles. The molecule has 0 aromatic heterocycles. The molecule has 2 nitrogen and oxygen atoms in total. The Balaban J connectivity index is 2.18. The van der Waals surface area contributed by atoms with Gasteiger partial charge in [0.2, 0.25) is 0 Å². The van der Waals surface area contributed by atoms with Crippen LogP contribution in [0.2, 0.25) is 5.02 Å². The summed E-state index contributed by atoms with van der Waals surface area (Å²) < 4.78 is 6.89. The van der Waals surface area contributed by atoms with Gasteiger partial charge in [-0.3, -0.25) is 0 Å². The van der Waals surface area contributed by atoms with Gasteiger partial charge in [-0.05, 0) is 37.2 Å². The van der Waals surface area contributed by atoms with Crippen molar-refractivity contribution in [3.63, 3.8) is 0 Å². The normalized spacial score (nSPS) is 10.6. The molecule has 0 fully saturated rings. The molecule has 0 bridgehead atoms. The van der Waals surface area contributed by atoms with Gasteiger partial charge in [0.05, 0.1) is 5.02 Å². The quantitative estimate of drug-likeness (QED) is 0.702. The van der Waals surface area contributed by atoms with Crippen LogP contribution < -0.4 is 10.1 Å². The highest BCUT2D eigenvalue weighted by Crippen LogP contribution is 2.33. The summed E-state index contributed by atoms with van der Waals surface area (Å²) in [6, 6.07) is 13.6. The second-order valence-electron chi connectivity index (χ2n) is 4.46. The average Bonchev–Trinajstić information content (AvgIpc) is 2.45. The van der Waals surface area contributed by atoms with Crippen molar-refractivity contribution in [3.8, 4) is 11.5 Å². The van der Waals surface area contributed by atoms with Gasteiger partial charge < -0.3 is 10.1 Å². The number of para-hydroxylation sites is 1. The first-order valence-corrected chi connectivity index (χ1v) is 7.79. The van der Waals surface area contributed by atoms with Crippen LogP contribution in [0.15, 0.2) is 46.9 Å². The van der Waals surface area contributed by atoms with Crippen LogP contribution in [-0.4, -0.2) is 6.54 Å². The van der Waals surface area contributed by atoms with Crippen LogP contribution in [-0.2, 0) is 6.54 Å². The lowest BCUT2D eigenvalue weighted by Gasteiger charge is -2.13. The van der Waals surface area contributed by atoms with Crippen LogP contribution in [0.3, 0.4) is 0 Å². The number of hydrogen-bond acceptors (Lipinski definition) is 2. The van der Waals surface area contributed by atoms with E-state index >= 15 is 0 Å². The standard InChI is InChI=1S/C16H17BrClNO/c1-2-9-19-11-12-5-3-4-6-15(12)20-16-10-13(17)7-8-14(16)18/h3-8,10,19H,2,9,11H2,1H3. The van der Waals surface area contributed by atoms with E-state index in [1.807, 2.05) is 36.4 Å². The third-order valence-electron chi connectivity index (χ3n) is 2.83. The lowest BCUT2D eigenvalue weighted by atomic mass is 10.2. The maximum atomic E-state index is 6.16. The van der Waals surface area contributed by atoms with Gasteiger partial charge in [-0.1, -0.05) is 52.7 Å². The van der Waals surface area contributed by atoms with Gasteiger partial charge in [-0.15, -0.1) is 0 Å². The van der Waals surface area contributed by atoms with E-state index in [2.05, 4.69) is 34.2 Å². The SMILES string of the molecule is CCCNCc1ccccc1Oc1cc(Br)ccc1Cl. The van der Waals surface area contributed by atoms with Crippen LogP contribution in [0.5, 0.6) is 11.5 Å². The Kier molecular flexibility index (Phi) is 5.89. The average molecular weight is 355 g/mol. The molecule has 20 heavy (non-hydrogen) atoms. The molecule has 4 heteroatoms. The topological polar surface area (TPSA) is 21.3 Å². The Morgan fingerprint density at radius 2 is 1.95 bits per heavy atom. The number of nitrogens with one attached hydrogen (secondary N) is 1. The fraction of sp³-hybridized carbons (Fsp3) is 0.250. The van der Waals surface area contributed by atoms with Crippen molar-refractivity contribution in [2.45, 2.75) is 19.9 Å². The smallest absolute Gasteiger partial charge is 0.147 e. The zero-order valence-electron chi connectivity index (χ0n) is 11.3. The fourth-order valence-corrected chi connectivity index (χ4v) is 2.32. The molecule has 0 radical (unpaired) electrons. The highest BCUT2D eigenvalue weighted by Gasteiger charge is 2.07. The lowest BCUT2D eigenvalue weighted by molar-refractivity contribution is 0.472. The van der Waals surface area contributed by atoms with Crippen molar-refractivity contribution < 1.29 is 4.74 Å². The third-order valence-corrected chi connectivity index (χ3v) is 3.63. The summed E-state index contributed by atoms with van der Waals surface area (Å²) >= 11 is 9.59. The molecule has 0 aliphatic rings. The molecule has 0 aliphatic carbocycles. The number of benzene rings is 2. The molecular weight excluding hydrogens is 338 g/mol. The second-order valence-corrected chi connectivity index (χ2v) is 5.78. The van der Waals surface area contributed by atoms with Crippen molar-refractivity contribution in [1.29, 1.82) is 0 Å². The summed E-state index contributed by atoms with van der Waals surface area (Å²) in [5, 5.41) is 3.98. The Morgan fingerprint density at radius 3 is 2.75 bits per heavy atom. The van der Waals surface area contributed by atoms with Gasteiger partial charge in [0, 0.05) is 16.6 Å². The number of halogens is 2. The van der Waals surface area contributed by atoms with E-state index in [-0.39, 0.29) is 0 Å². The molecule has 0 amide bonds. The maximum absolute atomic E-state index is 6.16. The zero-order valence-corrected chi connectivity index (χ0v) is 13.7. The summed E-state index contributed by atoms with van der Waals surface area (Å²) in [6.07, 6.45) is 1.11. The molecule has 0 saturated carbocycles. The van der Waals surface area contributed by atoms with Gasteiger partial charge >= 0.3 is 0 Å². The number of ether oxygens (including phenoxy) is 1. The monoisotopic (exact) mass is 353 g/mol. The van der Waals surface area contributed by atoms with E-state index in [4.69, 9.17) is 16.3 Å². The Hall–Kier alpha value is -1.03. The predicted molar refractivity (Wildman–Crippen MR) is 87.7 cm³/mol. The van der Waals surface area contributed by atoms with Gasteiger partial charge in [-0.2, -0.15) is 0 Å². The summed E-state index contributed by atoms with van der Waals surface area (Å²) in [4.78, 5) is 0. The van der Waals surface area contributed by atoms with Crippen molar-refractivity contribution in [1.82, 2.24) is 5.32 Å². The second kappa shape index (κ2) is 7.67. The van der Waals surface area contributed by atoms with Crippen molar-refractivity contribution in [2.75, 3.05) is 6.54 Å². The fourth-order valence-electron chi connectivity index (χ4n) is 1.82. The van der Waals surface area contributed by atoms with Crippen LogP contribution in [0.1, 0.15) is 18.9 Å². The van der Waals surface area contributed by atoms with Crippen LogP contribution in [0, 0.1) is 0 Å². The van der Waals surface area contributed by atoms with Crippen molar-refractivity contribution >= 4 is 27.5 Å². The van der Waals surface area contributed by atoms with E-state index in [0.717, 1.165) is 35.3 Å². The van der Waals surface area contributed by atoms with E-state index in [1.54, 1.807) is 0 Å². The van der Waals surface area contributed by atoms with Gasteiger partial charge in [0.1, 0.15) is 11.5 Å². The van der Waals surface area contributed by atoms with Crippen molar-refractivity contribution in [2.24, 2.45) is 0 Å². The highest BCUT2D eigenvalue weighted by atomic mass is 79.9. The van der Waals surface area contributed by atoms with E-state index in [1.165, 1.54) is 0 Å².